The van der Waals surface area contributed by atoms with Gasteiger partial charge in [0.1, 0.15) is 5.75 Å². The van der Waals surface area contributed by atoms with E-state index in [0.717, 1.165) is 25.1 Å². The van der Waals surface area contributed by atoms with Gasteiger partial charge >= 0.3 is 0 Å². The second-order valence-corrected chi connectivity index (χ2v) is 6.63. The number of hydrogen-bond acceptors (Lipinski definition) is 2. The smallest absolute Gasteiger partial charge is 0.124 e. The first kappa shape index (κ1) is 15.3. The zero-order chi connectivity index (χ0) is 16.7. The van der Waals surface area contributed by atoms with Crippen molar-refractivity contribution in [2.24, 2.45) is 0 Å². The molecule has 1 atom stereocenters. The van der Waals surface area contributed by atoms with E-state index in [2.05, 4.69) is 60.5 Å². The highest BCUT2D eigenvalue weighted by molar-refractivity contribution is 5.86. The normalized spacial score (nSPS) is 17.0. The molecule has 3 heteroatoms. The van der Waals surface area contributed by atoms with E-state index in [1.807, 2.05) is 0 Å². The molecule has 0 bridgehead atoms. The first-order valence-corrected chi connectivity index (χ1v) is 8.72. The maximum atomic E-state index is 5.70. The lowest BCUT2D eigenvalue weighted by atomic mass is 9.92. The summed E-state index contributed by atoms with van der Waals surface area (Å²) in [5.74, 6) is 0.967. The molecule has 2 heterocycles. The van der Waals surface area contributed by atoms with E-state index in [1.54, 1.807) is 7.11 Å². The molecule has 124 valence electrons. The average molecular weight is 320 g/mol. The van der Waals surface area contributed by atoms with E-state index in [-0.39, 0.29) is 6.04 Å². The van der Waals surface area contributed by atoms with Crippen LogP contribution in [0.25, 0.3) is 10.9 Å². The number of hydrogen-bond donors (Lipinski definition) is 2. The fraction of sp³-hybridized carbons (Fsp3) is 0.333. The van der Waals surface area contributed by atoms with Gasteiger partial charge in [-0.1, -0.05) is 30.7 Å². The van der Waals surface area contributed by atoms with Crippen LogP contribution in [0.1, 0.15) is 40.9 Å². The SMILES string of the molecule is CCc1ccc(C2NCCc3c2[nH]c2ccc(C)cc32)c(OC)c1. The Bertz CT molecular complexity index is 894. The molecule has 1 aliphatic heterocycles. The van der Waals surface area contributed by atoms with Crippen LogP contribution in [-0.4, -0.2) is 18.6 Å². The van der Waals surface area contributed by atoms with Crippen LogP contribution in [-0.2, 0) is 12.8 Å². The number of nitrogens with one attached hydrogen (secondary N) is 2. The molecule has 2 aromatic carbocycles. The van der Waals surface area contributed by atoms with Crippen LogP contribution in [0.2, 0.25) is 0 Å². The summed E-state index contributed by atoms with van der Waals surface area (Å²) in [6, 6.07) is 13.4. The van der Waals surface area contributed by atoms with Gasteiger partial charge in [-0.25, -0.2) is 0 Å². The topological polar surface area (TPSA) is 37.0 Å². The molecule has 3 nitrogen and oxygen atoms in total. The second-order valence-electron chi connectivity index (χ2n) is 6.63. The van der Waals surface area contributed by atoms with E-state index >= 15 is 0 Å². The summed E-state index contributed by atoms with van der Waals surface area (Å²) in [5.41, 5.74) is 7.77. The van der Waals surface area contributed by atoms with Crippen LogP contribution in [0, 0.1) is 6.92 Å². The van der Waals surface area contributed by atoms with Crippen molar-refractivity contribution in [3.63, 3.8) is 0 Å². The van der Waals surface area contributed by atoms with Gasteiger partial charge in [0.05, 0.1) is 13.2 Å². The van der Waals surface area contributed by atoms with Gasteiger partial charge in [-0.2, -0.15) is 0 Å². The fourth-order valence-electron chi connectivity index (χ4n) is 3.82. The highest BCUT2D eigenvalue weighted by Crippen LogP contribution is 2.37. The minimum Gasteiger partial charge on any atom is -0.496 e. The summed E-state index contributed by atoms with van der Waals surface area (Å²) in [6.07, 6.45) is 2.08. The van der Waals surface area contributed by atoms with Crippen molar-refractivity contribution in [2.75, 3.05) is 13.7 Å². The largest absolute Gasteiger partial charge is 0.496 e. The third kappa shape index (κ3) is 2.40. The van der Waals surface area contributed by atoms with Crippen LogP contribution < -0.4 is 10.1 Å². The zero-order valence-corrected chi connectivity index (χ0v) is 14.6. The van der Waals surface area contributed by atoms with Gasteiger partial charge < -0.3 is 15.0 Å². The molecule has 24 heavy (non-hydrogen) atoms. The Morgan fingerprint density at radius 1 is 1.17 bits per heavy atom. The summed E-state index contributed by atoms with van der Waals surface area (Å²) < 4.78 is 5.70. The lowest BCUT2D eigenvalue weighted by Gasteiger charge is -2.26. The Balaban J connectivity index is 1.86. The number of aryl methyl sites for hydroxylation is 2. The molecular weight excluding hydrogens is 296 g/mol. The van der Waals surface area contributed by atoms with E-state index in [1.165, 1.54) is 38.9 Å². The second kappa shape index (κ2) is 5.99. The van der Waals surface area contributed by atoms with Crippen molar-refractivity contribution >= 4 is 10.9 Å². The van der Waals surface area contributed by atoms with Crippen LogP contribution >= 0.6 is 0 Å². The molecular formula is C21H24N2O. The molecule has 0 saturated carbocycles. The van der Waals surface area contributed by atoms with Crippen LogP contribution in [0.3, 0.4) is 0 Å². The van der Waals surface area contributed by atoms with E-state index in [0.29, 0.717) is 0 Å². The predicted octanol–water partition coefficient (Wildman–Crippen LogP) is 4.28. The third-order valence-electron chi connectivity index (χ3n) is 5.12. The van der Waals surface area contributed by atoms with Crippen LogP contribution in [0.15, 0.2) is 36.4 Å². The highest BCUT2D eigenvalue weighted by atomic mass is 16.5. The first-order chi connectivity index (χ1) is 11.7. The van der Waals surface area contributed by atoms with Crippen LogP contribution in [0.4, 0.5) is 0 Å². The number of benzene rings is 2. The third-order valence-corrected chi connectivity index (χ3v) is 5.12. The quantitative estimate of drug-likeness (QED) is 0.755. The Labute approximate surface area is 143 Å². The predicted molar refractivity (Wildman–Crippen MR) is 99.0 cm³/mol. The van der Waals surface area contributed by atoms with Gasteiger partial charge in [0.2, 0.25) is 0 Å². The molecule has 0 amide bonds. The van der Waals surface area contributed by atoms with E-state index < -0.39 is 0 Å². The Hall–Kier alpha value is -2.26. The molecule has 0 radical (unpaired) electrons. The molecule has 4 rings (SSSR count). The number of ether oxygens (including phenoxy) is 1. The van der Waals surface area contributed by atoms with Crippen molar-refractivity contribution in [3.8, 4) is 5.75 Å². The molecule has 0 aliphatic carbocycles. The number of methoxy groups -OCH3 is 1. The van der Waals surface area contributed by atoms with Gasteiger partial charge in [0, 0.05) is 28.7 Å². The van der Waals surface area contributed by atoms with Gasteiger partial charge in [0.25, 0.3) is 0 Å². The average Bonchev–Trinajstić information content (AvgIpc) is 2.99. The summed E-state index contributed by atoms with van der Waals surface area (Å²) in [6.45, 7) is 5.31. The minimum atomic E-state index is 0.155. The van der Waals surface area contributed by atoms with Crippen molar-refractivity contribution in [2.45, 2.75) is 32.7 Å². The Morgan fingerprint density at radius 3 is 2.83 bits per heavy atom. The number of aromatic nitrogens is 1. The van der Waals surface area contributed by atoms with Gasteiger partial charge in [-0.05, 0) is 49.1 Å². The summed E-state index contributed by atoms with van der Waals surface area (Å²) in [4.78, 5) is 3.65. The van der Waals surface area contributed by atoms with Gasteiger partial charge in [0.15, 0.2) is 0 Å². The standard InChI is InChI=1S/C21H24N2O/c1-4-14-6-7-16(19(12-14)24-3)20-21-15(9-10-22-20)17-11-13(2)5-8-18(17)23-21/h5-8,11-12,20,22-23H,4,9-10H2,1-3H3. The number of H-pyrrole nitrogens is 1. The number of rotatable bonds is 3. The maximum absolute atomic E-state index is 5.70. The lowest BCUT2D eigenvalue weighted by Crippen LogP contribution is -2.30. The summed E-state index contributed by atoms with van der Waals surface area (Å²) in [7, 11) is 1.76. The van der Waals surface area contributed by atoms with Crippen molar-refractivity contribution in [1.29, 1.82) is 0 Å². The fourth-order valence-corrected chi connectivity index (χ4v) is 3.82. The van der Waals surface area contributed by atoms with Gasteiger partial charge in [-0.3, -0.25) is 0 Å². The van der Waals surface area contributed by atoms with Crippen molar-refractivity contribution in [3.05, 3.63) is 64.3 Å². The highest BCUT2D eigenvalue weighted by Gasteiger charge is 2.27. The van der Waals surface area contributed by atoms with E-state index in [4.69, 9.17) is 4.74 Å². The number of aromatic amines is 1. The van der Waals surface area contributed by atoms with Crippen LogP contribution in [0.5, 0.6) is 5.75 Å². The lowest BCUT2D eigenvalue weighted by molar-refractivity contribution is 0.401. The minimum absolute atomic E-state index is 0.155. The molecule has 1 unspecified atom stereocenters. The zero-order valence-electron chi connectivity index (χ0n) is 14.6. The molecule has 0 saturated heterocycles. The molecule has 1 aromatic heterocycles. The molecule has 0 fully saturated rings. The molecule has 3 aromatic rings. The summed E-state index contributed by atoms with van der Waals surface area (Å²) >= 11 is 0. The van der Waals surface area contributed by atoms with Gasteiger partial charge in [-0.15, -0.1) is 0 Å². The first-order valence-electron chi connectivity index (χ1n) is 8.72. The van der Waals surface area contributed by atoms with Crippen molar-refractivity contribution in [1.82, 2.24) is 10.3 Å². The number of fused-ring (bicyclic) bond motifs is 3. The molecule has 2 N–H and O–H groups in total. The van der Waals surface area contributed by atoms with Crippen molar-refractivity contribution < 1.29 is 4.74 Å². The maximum Gasteiger partial charge on any atom is 0.124 e. The van der Waals surface area contributed by atoms with E-state index in [9.17, 15) is 0 Å². The Kier molecular flexibility index (Phi) is 3.81. The molecule has 0 spiro atoms. The molecule has 1 aliphatic rings. The monoisotopic (exact) mass is 320 g/mol. The summed E-state index contributed by atoms with van der Waals surface area (Å²) in [5, 5.41) is 5.03. The Morgan fingerprint density at radius 2 is 2.04 bits per heavy atom.